The molecule has 2 aromatic carbocycles. The van der Waals surface area contributed by atoms with E-state index in [9.17, 15) is 4.39 Å². The molecule has 27 heavy (non-hydrogen) atoms. The highest BCUT2D eigenvalue weighted by Crippen LogP contribution is 2.30. The van der Waals surface area contributed by atoms with Crippen molar-refractivity contribution in [3.63, 3.8) is 0 Å². The lowest BCUT2D eigenvalue weighted by Gasteiger charge is -2.28. The third kappa shape index (κ3) is 5.54. The molecule has 0 spiro atoms. The predicted octanol–water partition coefficient (Wildman–Crippen LogP) is 6.87. The first-order valence-corrected chi connectivity index (χ1v) is 13.3. The number of aryl methyl sites for hydroxylation is 1. The first kappa shape index (κ1) is 20.3. The summed E-state index contributed by atoms with van der Waals surface area (Å²) in [5.41, 5.74) is 3.09. The first-order valence-electron chi connectivity index (χ1n) is 11.1. The SMILES string of the molecule is CCCCCC1CC[SiH](c2ccc(-c3ccc(CCC)cc3)c(F)c2)CC1. The fourth-order valence-electron chi connectivity index (χ4n) is 4.63. The highest BCUT2D eigenvalue weighted by molar-refractivity contribution is 6.73. The normalized spacial score (nSPS) is 20.0. The van der Waals surface area contributed by atoms with E-state index in [1.54, 1.807) is 0 Å². The van der Waals surface area contributed by atoms with Gasteiger partial charge >= 0.3 is 0 Å². The van der Waals surface area contributed by atoms with Crippen LogP contribution >= 0.6 is 0 Å². The van der Waals surface area contributed by atoms with E-state index in [4.69, 9.17) is 0 Å². The van der Waals surface area contributed by atoms with Crippen molar-refractivity contribution in [1.29, 1.82) is 0 Å². The van der Waals surface area contributed by atoms with E-state index >= 15 is 0 Å². The van der Waals surface area contributed by atoms with E-state index in [1.165, 1.54) is 61.4 Å². The maximum absolute atomic E-state index is 14.8. The standard InChI is InChI=1S/C25H35FSi/c1-3-5-6-8-21-15-17-27(18-16-21)23-13-14-24(25(26)19-23)22-11-9-20(7-4-2)10-12-22/h9-14,19,21,27H,3-8,15-18H2,1-2H3. The minimum atomic E-state index is -0.964. The molecule has 1 fully saturated rings. The summed E-state index contributed by atoms with van der Waals surface area (Å²) in [6.45, 7) is 4.47. The van der Waals surface area contributed by atoms with Gasteiger partial charge in [0.05, 0.1) is 8.80 Å². The highest BCUT2D eigenvalue weighted by atomic mass is 28.3. The van der Waals surface area contributed by atoms with Crippen LogP contribution in [0.3, 0.4) is 0 Å². The number of halogens is 1. The summed E-state index contributed by atoms with van der Waals surface area (Å²) in [4.78, 5) is 0. The quantitative estimate of drug-likeness (QED) is 0.345. The Morgan fingerprint density at radius 2 is 1.67 bits per heavy atom. The molecule has 1 aliphatic rings. The van der Waals surface area contributed by atoms with E-state index in [0.29, 0.717) is 0 Å². The summed E-state index contributed by atoms with van der Waals surface area (Å²) in [5, 5.41) is 1.34. The van der Waals surface area contributed by atoms with Gasteiger partial charge in [0.15, 0.2) is 0 Å². The zero-order valence-electron chi connectivity index (χ0n) is 17.1. The minimum absolute atomic E-state index is 0.0340. The van der Waals surface area contributed by atoms with Crippen LogP contribution in [-0.2, 0) is 6.42 Å². The number of hydrogen-bond acceptors (Lipinski definition) is 0. The largest absolute Gasteiger partial charge is 0.206 e. The van der Waals surface area contributed by atoms with Gasteiger partial charge in [0.2, 0.25) is 0 Å². The molecule has 146 valence electrons. The van der Waals surface area contributed by atoms with E-state index in [2.05, 4.69) is 44.2 Å². The monoisotopic (exact) mass is 382 g/mol. The van der Waals surface area contributed by atoms with Crippen LogP contribution in [0.2, 0.25) is 12.1 Å². The number of rotatable bonds is 8. The van der Waals surface area contributed by atoms with Crippen LogP contribution in [0, 0.1) is 11.7 Å². The van der Waals surface area contributed by atoms with Crippen LogP contribution < -0.4 is 5.19 Å². The Balaban J connectivity index is 1.61. The summed E-state index contributed by atoms with van der Waals surface area (Å²) < 4.78 is 14.8. The Labute approximate surface area is 166 Å². The molecule has 2 heteroatoms. The molecule has 0 bridgehead atoms. The molecule has 1 aliphatic heterocycles. The zero-order valence-corrected chi connectivity index (χ0v) is 18.3. The fraction of sp³-hybridized carbons (Fsp3) is 0.520. The lowest BCUT2D eigenvalue weighted by Crippen LogP contribution is -2.34. The van der Waals surface area contributed by atoms with Gasteiger partial charge < -0.3 is 0 Å². The van der Waals surface area contributed by atoms with Crippen LogP contribution in [0.15, 0.2) is 42.5 Å². The molecule has 1 heterocycles. The molecule has 0 aliphatic carbocycles. The van der Waals surface area contributed by atoms with Gasteiger partial charge in [-0.25, -0.2) is 4.39 Å². The molecular weight excluding hydrogens is 347 g/mol. The van der Waals surface area contributed by atoms with Crippen molar-refractivity contribution in [2.45, 2.75) is 77.3 Å². The van der Waals surface area contributed by atoms with E-state index in [1.807, 2.05) is 12.1 Å². The van der Waals surface area contributed by atoms with Crippen LogP contribution in [0.1, 0.15) is 64.4 Å². The van der Waals surface area contributed by atoms with E-state index in [-0.39, 0.29) is 5.82 Å². The van der Waals surface area contributed by atoms with Gasteiger partial charge in [-0.3, -0.25) is 0 Å². The summed E-state index contributed by atoms with van der Waals surface area (Å²) in [6, 6.07) is 17.3. The molecular formula is C25H35FSi. The third-order valence-electron chi connectivity index (χ3n) is 6.33. The lowest BCUT2D eigenvalue weighted by atomic mass is 9.96. The van der Waals surface area contributed by atoms with Crippen LogP contribution in [0.25, 0.3) is 11.1 Å². The maximum atomic E-state index is 14.8. The third-order valence-corrected chi connectivity index (χ3v) is 9.69. The van der Waals surface area contributed by atoms with Crippen molar-refractivity contribution >= 4 is 14.0 Å². The molecule has 0 nitrogen and oxygen atoms in total. The second kappa shape index (κ2) is 10.2. The molecule has 0 amide bonds. The minimum Gasteiger partial charge on any atom is -0.206 e. The van der Waals surface area contributed by atoms with Crippen LogP contribution in [0.5, 0.6) is 0 Å². The van der Waals surface area contributed by atoms with Gasteiger partial charge in [0.1, 0.15) is 5.82 Å². The Morgan fingerprint density at radius 1 is 0.926 bits per heavy atom. The molecule has 0 atom stereocenters. The molecule has 0 N–H and O–H groups in total. The Kier molecular flexibility index (Phi) is 7.69. The van der Waals surface area contributed by atoms with Gasteiger partial charge in [-0.05, 0) is 29.5 Å². The van der Waals surface area contributed by atoms with Gasteiger partial charge in [-0.1, -0.05) is 112 Å². The maximum Gasteiger partial charge on any atom is 0.130 e. The summed E-state index contributed by atoms with van der Waals surface area (Å²) in [6.07, 6.45) is 10.5. The highest BCUT2D eigenvalue weighted by Gasteiger charge is 2.24. The molecule has 0 unspecified atom stereocenters. The lowest BCUT2D eigenvalue weighted by molar-refractivity contribution is 0.418. The van der Waals surface area contributed by atoms with Gasteiger partial charge in [-0.15, -0.1) is 0 Å². The van der Waals surface area contributed by atoms with Crippen LogP contribution in [-0.4, -0.2) is 8.80 Å². The molecule has 3 rings (SSSR count). The molecule has 1 saturated heterocycles. The summed E-state index contributed by atoms with van der Waals surface area (Å²) in [7, 11) is -0.964. The average molecular weight is 383 g/mol. The topological polar surface area (TPSA) is 0 Å². The first-order chi connectivity index (χ1) is 13.2. The number of benzene rings is 2. The average Bonchev–Trinajstić information content (AvgIpc) is 2.70. The number of hydrogen-bond donors (Lipinski definition) is 0. The van der Waals surface area contributed by atoms with Crippen molar-refractivity contribution in [3.05, 3.63) is 53.8 Å². The van der Waals surface area contributed by atoms with Crippen LogP contribution in [0.4, 0.5) is 4.39 Å². The molecule has 2 aromatic rings. The Bertz CT molecular complexity index is 699. The predicted molar refractivity (Wildman–Crippen MR) is 119 cm³/mol. The second-order valence-corrected chi connectivity index (χ2v) is 11.6. The Morgan fingerprint density at radius 3 is 2.30 bits per heavy atom. The van der Waals surface area contributed by atoms with E-state index in [0.717, 1.165) is 29.9 Å². The van der Waals surface area contributed by atoms with Crippen molar-refractivity contribution in [1.82, 2.24) is 0 Å². The van der Waals surface area contributed by atoms with Gasteiger partial charge in [0.25, 0.3) is 0 Å². The van der Waals surface area contributed by atoms with Crippen molar-refractivity contribution in [2.75, 3.05) is 0 Å². The Hall–Kier alpha value is -1.41. The van der Waals surface area contributed by atoms with E-state index < -0.39 is 8.80 Å². The summed E-state index contributed by atoms with van der Waals surface area (Å²) >= 11 is 0. The van der Waals surface area contributed by atoms with Gasteiger partial charge in [-0.2, -0.15) is 0 Å². The molecule has 0 saturated carbocycles. The molecule has 0 radical (unpaired) electrons. The smallest absolute Gasteiger partial charge is 0.130 e. The number of unbranched alkanes of at least 4 members (excludes halogenated alkanes) is 2. The summed E-state index contributed by atoms with van der Waals surface area (Å²) in [5.74, 6) is 0.902. The zero-order chi connectivity index (χ0) is 19.1. The second-order valence-electron chi connectivity index (χ2n) is 8.40. The van der Waals surface area contributed by atoms with Crippen molar-refractivity contribution < 1.29 is 4.39 Å². The van der Waals surface area contributed by atoms with Crippen molar-refractivity contribution in [3.8, 4) is 11.1 Å². The fourth-order valence-corrected chi connectivity index (χ4v) is 8.08. The van der Waals surface area contributed by atoms with Crippen molar-refractivity contribution in [2.24, 2.45) is 5.92 Å². The molecule has 0 aromatic heterocycles. The van der Waals surface area contributed by atoms with Gasteiger partial charge in [0, 0.05) is 5.56 Å².